The average molecular weight is 945 g/mol. The molecule has 0 radical (unpaired) electrons. The number of nitrogens with two attached hydrogens (primary N) is 2. The number of guanidine groups is 2. The fraction of sp³-hybridized carbons (Fsp3) is 0.154. The van der Waals surface area contributed by atoms with E-state index in [1.54, 1.807) is 30.3 Å². The summed E-state index contributed by atoms with van der Waals surface area (Å²) in [6, 6.07) is 11.1. The van der Waals surface area contributed by atoms with Gasteiger partial charge in [-0.15, -0.1) is 12.4 Å². The van der Waals surface area contributed by atoms with Crippen molar-refractivity contribution in [3.8, 4) is 28.2 Å². The van der Waals surface area contributed by atoms with Crippen LogP contribution in [-0.4, -0.2) is 29.9 Å². The van der Waals surface area contributed by atoms with Gasteiger partial charge in [-0.2, -0.15) is 0 Å². The zero-order chi connectivity index (χ0) is 28.9. The van der Waals surface area contributed by atoms with Crippen LogP contribution >= 0.6 is 44.3 Å². The summed E-state index contributed by atoms with van der Waals surface area (Å²) in [5.41, 5.74) is 12.0. The maximum Gasteiger partial charge on any atom is 1.00 e. The number of rotatable bonds is 5. The number of benzene rings is 3. The monoisotopic (exact) mass is 944 g/mol. The fourth-order valence-electron chi connectivity index (χ4n) is 3.74. The Balaban J connectivity index is 0. The number of carboxylic acids is 1. The van der Waals surface area contributed by atoms with Crippen LogP contribution in [0.25, 0.3) is 33.4 Å². The van der Waals surface area contributed by atoms with E-state index in [1.165, 1.54) is 12.1 Å². The molecular weight excluding hydrogens is 920 g/mol. The van der Waals surface area contributed by atoms with Crippen LogP contribution in [0.1, 0.15) is 30.1 Å². The molecule has 0 unspecified atom stereocenters. The van der Waals surface area contributed by atoms with E-state index in [9.17, 15) is 19.8 Å². The van der Waals surface area contributed by atoms with E-state index in [-0.39, 0.29) is 138 Å². The summed E-state index contributed by atoms with van der Waals surface area (Å²) in [7, 11) is 0. The molecule has 0 bridgehead atoms. The van der Waals surface area contributed by atoms with Crippen molar-refractivity contribution in [1.82, 2.24) is 5.32 Å². The molecule has 0 aromatic heterocycles. The van der Waals surface area contributed by atoms with Gasteiger partial charge in [-0.05, 0) is 6.42 Å². The third kappa shape index (κ3) is 11.2. The second kappa shape index (κ2) is 20.4. The summed E-state index contributed by atoms with van der Waals surface area (Å²) < 4.78 is 7.22. The standard InChI is InChI=1S/C20H9Br2O5.C6H15N5.ClH.Hg.2Na.H2O/c21-13-5-11-17(7-15(13)23)27-18-8-16(24)14(22)6-12(18)19(11)9-3-1-2-4-10(9)20(25)26;1-2-3-4-10-6(9)11-5(7)8;;;;;/h1-7,24H,(H,25,26);2-4H2,1H3,(H6,7,8,9,10,11);1H;;;;1H2/q;;;;2*+1;/p-2. The van der Waals surface area contributed by atoms with Crippen LogP contribution in [-0.2, 0) is 26.1 Å². The summed E-state index contributed by atoms with van der Waals surface area (Å²) >= 11 is 6.47. The Morgan fingerprint density at radius 1 is 1.12 bits per heavy atom. The van der Waals surface area contributed by atoms with E-state index in [1.807, 2.05) is 0 Å². The Kier molecular flexibility index (Phi) is 21.1. The third-order valence-corrected chi connectivity index (χ3v) is 9.24. The number of carbonyl (C=O) groups is 1. The van der Waals surface area contributed by atoms with E-state index < -0.39 is 5.97 Å². The van der Waals surface area contributed by atoms with Crippen molar-refractivity contribution >= 4 is 76.2 Å². The Bertz CT molecular complexity index is 1640. The predicted octanol–water partition coefficient (Wildman–Crippen LogP) is -4.11. The average Bonchev–Trinajstić information content (AvgIpc) is 2.87. The van der Waals surface area contributed by atoms with Gasteiger partial charge in [0.2, 0.25) is 0 Å². The van der Waals surface area contributed by atoms with Gasteiger partial charge in [-0.3, -0.25) is 15.7 Å². The van der Waals surface area contributed by atoms with Gasteiger partial charge in [0.25, 0.3) is 0 Å². The molecule has 0 saturated carbocycles. The molecular formula is C26H25Br2ClHgN5Na2O6. The number of aromatic carboxylic acids is 1. The molecule has 2 aromatic carbocycles. The molecule has 2 aromatic rings. The first-order valence-electron chi connectivity index (χ1n) is 11.6. The van der Waals surface area contributed by atoms with Gasteiger partial charge in [-0.25, -0.2) is 0 Å². The molecule has 0 saturated heterocycles. The van der Waals surface area contributed by atoms with Crippen LogP contribution in [0.3, 0.4) is 0 Å². The summed E-state index contributed by atoms with van der Waals surface area (Å²) in [6.45, 7) is 2.76. The number of carboxylic acid groups (broad SMARTS) is 1. The molecule has 43 heavy (non-hydrogen) atoms. The Labute approximate surface area is 331 Å². The fourth-order valence-corrected chi connectivity index (χ4v) is 7.32. The van der Waals surface area contributed by atoms with E-state index in [0.717, 1.165) is 12.8 Å². The first-order chi connectivity index (χ1) is 18.5. The van der Waals surface area contributed by atoms with Crippen molar-refractivity contribution in [2.24, 2.45) is 16.5 Å². The quantitative estimate of drug-likeness (QED) is 0.0505. The maximum atomic E-state index is 12.4. The zero-order valence-corrected chi connectivity index (χ0v) is 37.2. The summed E-state index contributed by atoms with van der Waals surface area (Å²) in [4.78, 5) is 27.8. The second-order valence-electron chi connectivity index (χ2n) is 8.29. The van der Waals surface area contributed by atoms with Gasteiger partial charge >= 0.3 is 252 Å². The molecule has 4 rings (SSSR count). The van der Waals surface area contributed by atoms with Crippen LogP contribution in [0.15, 0.2) is 65.6 Å². The molecule has 0 spiro atoms. The van der Waals surface area contributed by atoms with E-state index in [0.29, 0.717) is 46.2 Å². The first kappa shape index (κ1) is 44.4. The Morgan fingerprint density at radius 3 is 2.33 bits per heavy atom. The minimum Gasteiger partial charge on any atom is 1.00 e. The summed E-state index contributed by atoms with van der Waals surface area (Å²) in [6.07, 6.45) is 2.08. The minimum atomic E-state index is -1.31. The van der Waals surface area contributed by atoms with Crippen molar-refractivity contribution in [2.75, 3.05) is 6.54 Å². The van der Waals surface area contributed by atoms with Gasteiger partial charge in [0.15, 0.2) is 11.9 Å². The summed E-state index contributed by atoms with van der Waals surface area (Å²) in [5.74, 6) is -1.14. The van der Waals surface area contributed by atoms with Gasteiger partial charge in [0.05, 0.1) is 0 Å². The van der Waals surface area contributed by atoms with E-state index in [4.69, 9.17) is 21.3 Å². The molecule has 17 heteroatoms. The van der Waals surface area contributed by atoms with Crippen LogP contribution in [0.5, 0.6) is 5.75 Å². The van der Waals surface area contributed by atoms with Crippen molar-refractivity contribution in [2.45, 2.75) is 19.8 Å². The number of nitrogens with one attached hydrogen (secondary N) is 2. The molecule has 1 heterocycles. The number of nitrogens with zero attached hydrogens (tertiary/aromatic N) is 1. The normalized spacial score (nSPS) is 10.2. The van der Waals surface area contributed by atoms with Crippen molar-refractivity contribution in [3.63, 3.8) is 0 Å². The van der Waals surface area contributed by atoms with E-state index in [2.05, 4.69) is 49.1 Å². The number of hydrogen-bond acceptors (Lipinski definition) is 7. The van der Waals surface area contributed by atoms with Crippen LogP contribution < -0.4 is 94.6 Å². The Hall–Kier alpha value is -0.715. The van der Waals surface area contributed by atoms with Gasteiger partial charge in [0.1, 0.15) is 0 Å². The molecule has 0 fully saturated rings. The van der Waals surface area contributed by atoms with Crippen molar-refractivity contribution < 1.29 is 110 Å². The van der Waals surface area contributed by atoms with Crippen LogP contribution in [0.4, 0.5) is 0 Å². The van der Waals surface area contributed by atoms with Crippen molar-refractivity contribution in [1.29, 1.82) is 5.41 Å². The zero-order valence-electron chi connectivity index (χ0n) is 23.7. The largest absolute Gasteiger partial charge is 1.00 e. The number of carbonyl (C=O) groups excluding carboxylic acids is 1. The van der Waals surface area contributed by atoms with Crippen LogP contribution in [0.2, 0.25) is 0 Å². The first-order valence-corrected chi connectivity index (χ1v) is 15.9. The molecule has 1 aliphatic heterocycles. The maximum absolute atomic E-state index is 12.4. The number of aliphatic imine (C=N–C) groups is 1. The van der Waals surface area contributed by atoms with Gasteiger partial charge < -0.3 is 16.9 Å². The second-order valence-corrected chi connectivity index (χ2v) is 12.7. The van der Waals surface area contributed by atoms with Crippen molar-refractivity contribution in [3.05, 3.63) is 67.2 Å². The third-order valence-electron chi connectivity index (χ3n) is 5.54. The molecule has 1 aliphatic carbocycles. The molecule has 0 atom stereocenters. The number of unbranched alkanes of at least 4 members (excludes halogenated alkanes) is 1. The van der Waals surface area contributed by atoms with E-state index >= 15 is 0 Å². The van der Waals surface area contributed by atoms with Gasteiger partial charge in [-0.1, -0.05) is 13.3 Å². The SMILES string of the molecule is CCCCN=C(N)NC(=N)N.Cl.O.O=C([O-])c1ccccc1-c1c2cc(Br)c(=O)cc-2oc2[c]([Hg])c([O-])c(Br)cc12.[Na+].[Na+]. The predicted molar refractivity (Wildman–Crippen MR) is 161 cm³/mol. The minimum absolute atomic E-state index is 0. The van der Waals surface area contributed by atoms with Gasteiger partial charge in [0, 0.05) is 6.54 Å². The van der Waals surface area contributed by atoms with Crippen LogP contribution in [0, 0.1) is 5.41 Å². The number of hydrogen-bond donors (Lipinski definition) is 4. The summed E-state index contributed by atoms with van der Waals surface area (Å²) in [5, 5.41) is 34.0. The molecule has 215 valence electrons. The molecule has 8 N–H and O–H groups in total. The topological polar surface area (TPSA) is 225 Å². The molecule has 0 amide bonds. The molecule has 11 nitrogen and oxygen atoms in total. The smallest absolute Gasteiger partial charge is 1.00 e. The number of halogens is 3. The number of fused-ring (bicyclic) bond motifs is 2. The molecule has 2 aliphatic rings. The Morgan fingerprint density at radius 2 is 1.74 bits per heavy atom.